The fourth-order valence-electron chi connectivity index (χ4n) is 5.07. The molecule has 0 atom stereocenters. The highest BCUT2D eigenvalue weighted by atomic mass is 16.5. The summed E-state index contributed by atoms with van der Waals surface area (Å²) in [7, 11) is 0. The highest BCUT2D eigenvalue weighted by Gasteiger charge is 2.20. The molecule has 4 heterocycles. The fraction of sp³-hybridized carbons (Fsp3) is 0.176. The Hall–Kier alpha value is -6.04. The van der Waals surface area contributed by atoms with Gasteiger partial charge in [-0.3, -0.25) is 19.3 Å². The Labute approximate surface area is 265 Å². The van der Waals surface area contributed by atoms with Gasteiger partial charge in [0, 0.05) is 29.7 Å². The summed E-state index contributed by atoms with van der Waals surface area (Å²) in [4.78, 5) is 34.8. The first-order valence-corrected chi connectivity index (χ1v) is 14.8. The number of nitrogens with zero attached hydrogens (tertiary/aromatic N) is 5. The van der Waals surface area contributed by atoms with Crippen LogP contribution in [0.5, 0.6) is 11.6 Å². The number of hydrogen-bond donors (Lipinski definition) is 4. The summed E-state index contributed by atoms with van der Waals surface area (Å²) < 4.78 is 7.95. The Morgan fingerprint density at radius 3 is 2.59 bits per heavy atom. The lowest BCUT2D eigenvalue weighted by atomic mass is 10.1. The highest BCUT2D eigenvalue weighted by Crippen LogP contribution is 2.33. The molecule has 0 saturated carbocycles. The van der Waals surface area contributed by atoms with Crippen LogP contribution in [0.1, 0.15) is 57.8 Å². The number of pyridine rings is 2. The number of benzene rings is 2. The number of hydrogen-bond acceptors (Lipinski definition) is 9. The predicted molar refractivity (Wildman–Crippen MR) is 175 cm³/mol. The molecule has 0 bridgehead atoms. The van der Waals surface area contributed by atoms with Crippen molar-refractivity contribution in [2.45, 2.75) is 39.7 Å². The number of aryl methyl sites for hydroxylation is 2. The topological polar surface area (TPSA) is 188 Å². The number of aromatic amines is 1. The van der Waals surface area contributed by atoms with Crippen LogP contribution < -0.4 is 16.2 Å². The second-order valence-corrected chi connectivity index (χ2v) is 10.1. The van der Waals surface area contributed by atoms with E-state index in [4.69, 9.17) is 31.3 Å². The summed E-state index contributed by atoms with van der Waals surface area (Å²) in [6.45, 7) is 4.36. The van der Waals surface area contributed by atoms with Gasteiger partial charge in [-0.05, 0) is 85.0 Å². The van der Waals surface area contributed by atoms with Gasteiger partial charge in [0.15, 0.2) is 17.8 Å². The van der Waals surface area contributed by atoms with Crippen molar-refractivity contribution in [3.8, 4) is 28.7 Å². The molecule has 0 aliphatic heterocycles. The summed E-state index contributed by atoms with van der Waals surface area (Å²) in [5, 5.41) is 15.9. The molecule has 0 radical (unpaired) electrons. The van der Waals surface area contributed by atoms with E-state index in [0.29, 0.717) is 36.1 Å². The van der Waals surface area contributed by atoms with Gasteiger partial charge in [-0.15, -0.1) is 0 Å². The first-order chi connectivity index (χ1) is 22.4. The third kappa shape index (κ3) is 6.70. The van der Waals surface area contributed by atoms with Crippen molar-refractivity contribution in [2.24, 2.45) is 5.73 Å². The molecule has 7 rings (SSSR count). The van der Waals surface area contributed by atoms with Crippen molar-refractivity contribution in [3.05, 3.63) is 107 Å². The maximum atomic E-state index is 10.6. The summed E-state index contributed by atoms with van der Waals surface area (Å²) in [5.41, 5.74) is 18.4. The number of H-pyrrole nitrogens is 1. The van der Waals surface area contributed by atoms with Gasteiger partial charge in [0.25, 0.3) is 0 Å². The first kappa shape index (κ1) is 31.4. The van der Waals surface area contributed by atoms with Crippen LogP contribution in [0.4, 0.5) is 5.82 Å². The number of nitrogens with one attached hydrogen (secondary N) is 1. The van der Waals surface area contributed by atoms with Gasteiger partial charge in [-0.1, -0.05) is 19.9 Å². The van der Waals surface area contributed by atoms with E-state index in [2.05, 4.69) is 33.4 Å². The van der Waals surface area contributed by atoms with Crippen LogP contribution in [0.3, 0.4) is 0 Å². The van der Waals surface area contributed by atoms with Gasteiger partial charge in [0.05, 0.1) is 16.8 Å². The zero-order valence-corrected chi connectivity index (χ0v) is 25.5. The summed E-state index contributed by atoms with van der Waals surface area (Å²) in [6.07, 6.45) is 7.25. The van der Waals surface area contributed by atoms with Crippen molar-refractivity contribution in [1.82, 2.24) is 29.7 Å². The molecule has 4 aromatic heterocycles. The standard InChI is InChI=1S/C24H21N7O.C8H7NO3.C2H6/c25-22-19(5-2-11-26-22)23-28-20-8-9-21(32-14-17-10-12-27-30-17)29-24(20)31(23)18-7-6-15-3-1-4-16(15)13-18;9-8(12)5-1-2-7(11)6(3-5)4-10;1-2/h2,5-13H,1,3-4,14H2,(H2,25,26)(H,27,30);1-4,11H,(H2,9,12);1-2H3. The normalized spacial score (nSPS) is 11.5. The fourth-order valence-corrected chi connectivity index (χ4v) is 5.07. The van der Waals surface area contributed by atoms with Crippen molar-refractivity contribution < 1.29 is 19.4 Å². The van der Waals surface area contributed by atoms with Gasteiger partial charge in [-0.2, -0.15) is 10.1 Å². The number of carbonyl (C=O) groups is 2. The quantitative estimate of drug-likeness (QED) is 0.175. The van der Waals surface area contributed by atoms with Crippen LogP contribution in [0.2, 0.25) is 0 Å². The van der Waals surface area contributed by atoms with Gasteiger partial charge < -0.3 is 21.3 Å². The number of amides is 1. The highest BCUT2D eigenvalue weighted by molar-refractivity contribution is 5.95. The van der Waals surface area contributed by atoms with Gasteiger partial charge >= 0.3 is 0 Å². The largest absolute Gasteiger partial charge is 0.507 e. The van der Waals surface area contributed by atoms with Crippen LogP contribution in [0.15, 0.2) is 79.1 Å². The van der Waals surface area contributed by atoms with Gasteiger partial charge in [0.1, 0.15) is 23.7 Å². The van der Waals surface area contributed by atoms with E-state index in [-0.39, 0.29) is 16.9 Å². The Morgan fingerprint density at radius 2 is 1.85 bits per heavy atom. The molecular formula is C34H34N8O4. The number of phenolic OH excluding ortho intramolecular Hbond substituents is 1. The zero-order chi connectivity index (χ0) is 32.6. The minimum absolute atomic E-state index is 0.0614. The molecule has 12 heteroatoms. The van der Waals surface area contributed by atoms with E-state index < -0.39 is 5.91 Å². The van der Waals surface area contributed by atoms with E-state index >= 15 is 0 Å². The molecule has 0 fully saturated rings. The minimum atomic E-state index is -0.627. The average molecular weight is 619 g/mol. The number of nitrogens with two attached hydrogens (primary N) is 2. The predicted octanol–water partition coefficient (Wildman–Crippen LogP) is 5.19. The number of imidazole rings is 1. The SMILES string of the molecule is CC.NC(=O)c1ccc(O)c(C=O)c1.Nc1ncccc1-c1nc2ccc(OCc3ccn[nH]3)nc2n1-c1ccc2c(c1)CCC2. The Balaban J connectivity index is 0.000000252. The van der Waals surface area contributed by atoms with Crippen molar-refractivity contribution >= 4 is 29.2 Å². The van der Waals surface area contributed by atoms with Crippen molar-refractivity contribution in [1.29, 1.82) is 0 Å². The number of ether oxygens (including phenoxy) is 1. The lowest BCUT2D eigenvalue weighted by Gasteiger charge is -2.12. The molecular weight excluding hydrogens is 584 g/mol. The van der Waals surface area contributed by atoms with Crippen LogP contribution in [-0.2, 0) is 19.4 Å². The van der Waals surface area contributed by atoms with Crippen LogP contribution in [0, 0.1) is 0 Å². The van der Waals surface area contributed by atoms with Gasteiger partial charge in [-0.25, -0.2) is 9.97 Å². The Kier molecular flexibility index (Phi) is 9.66. The number of aromatic hydroxyl groups is 1. The number of phenols is 1. The molecule has 1 aliphatic rings. The second kappa shape index (κ2) is 14.2. The second-order valence-electron chi connectivity index (χ2n) is 10.1. The Morgan fingerprint density at radius 1 is 1.02 bits per heavy atom. The lowest BCUT2D eigenvalue weighted by Crippen LogP contribution is -2.10. The van der Waals surface area contributed by atoms with Crippen LogP contribution >= 0.6 is 0 Å². The number of carbonyl (C=O) groups excluding carboxylic acids is 2. The van der Waals surface area contributed by atoms with E-state index in [1.54, 1.807) is 12.4 Å². The molecule has 46 heavy (non-hydrogen) atoms. The van der Waals surface area contributed by atoms with Crippen LogP contribution in [-0.4, -0.2) is 47.0 Å². The van der Waals surface area contributed by atoms with Gasteiger partial charge in [0.2, 0.25) is 11.8 Å². The average Bonchev–Trinajstić information content (AvgIpc) is 3.85. The summed E-state index contributed by atoms with van der Waals surface area (Å²) >= 11 is 0. The Bertz CT molecular complexity index is 1990. The number of nitrogen functional groups attached to an aromatic ring is 1. The third-order valence-electron chi connectivity index (χ3n) is 7.27. The first-order valence-electron chi connectivity index (χ1n) is 14.8. The minimum Gasteiger partial charge on any atom is -0.507 e. The van der Waals surface area contributed by atoms with Crippen LogP contribution in [0.25, 0.3) is 28.2 Å². The molecule has 0 unspecified atom stereocenters. The zero-order valence-electron chi connectivity index (χ0n) is 25.5. The molecule has 12 nitrogen and oxygen atoms in total. The number of primary amides is 1. The molecule has 234 valence electrons. The van der Waals surface area contributed by atoms with Crippen molar-refractivity contribution in [2.75, 3.05) is 5.73 Å². The molecule has 6 N–H and O–H groups in total. The molecule has 6 aromatic rings. The monoisotopic (exact) mass is 618 g/mol. The molecule has 0 saturated heterocycles. The number of aromatic nitrogens is 6. The van der Waals surface area contributed by atoms with E-state index in [1.807, 2.05) is 48.7 Å². The number of rotatable bonds is 7. The molecule has 1 amide bonds. The van der Waals surface area contributed by atoms with E-state index in [0.717, 1.165) is 35.3 Å². The third-order valence-corrected chi connectivity index (χ3v) is 7.27. The maximum Gasteiger partial charge on any atom is 0.248 e. The molecule has 1 aliphatic carbocycles. The number of anilines is 1. The number of fused-ring (bicyclic) bond motifs is 2. The summed E-state index contributed by atoms with van der Waals surface area (Å²) in [5.74, 6) is 0.871. The molecule has 0 spiro atoms. The number of aldehydes is 1. The van der Waals surface area contributed by atoms with Crippen molar-refractivity contribution in [3.63, 3.8) is 0 Å². The lowest BCUT2D eigenvalue weighted by molar-refractivity contribution is 0.1000. The van der Waals surface area contributed by atoms with E-state index in [9.17, 15) is 9.59 Å². The maximum absolute atomic E-state index is 10.6. The smallest absolute Gasteiger partial charge is 0.248 e. The molecule has 2 aromatic carbocycles. The summed E-state index contributed by atoms with van der Waals surface area (Å²) in [6, 6.07) is 19.8. The van der Waals surface area contributed by atoms with E-state index in [1.165, 1.54) is 35.7 Å².